The van der Waals surface area contributed by atoms with Crippen molar-refractivity contribution >= 4 is 11.8 Å². The van der Waals surface area contributed by atoms with Crippen molar-refractivity contribution in [2.45, 2.75) is 62.7 Å². The first-order valence-corrected chi connectivity index (χ1v) is 21.0. The third-order valence-corrected chi connectivity index (χ3v) is 12.3. The Morgan fingerprint density at radius 1 is 0.632 bits per heavy atom. The molecule has 0 aromatic heterocycles. The number of rotatable bonds is 9. The van der Waals surface area contributed by atoms with Crippen LogP contribution in [0.5, 0.6) is 17.2 Å². The van der Waals surface area contributed by atoms with Gasteiger partial charge in [-0.1, -0.05) is 67.6 Å². The molecular weight excluding hydrogens is 715 g/mol. The van der Waals surface area contributed by atoms with Gasteiger partial charge in [0.15, 0.2) is 0 Å². The number of piperidine rings is 2. The topological polar surface area (TPSA) is 80.8 Å². The molecule has 5 heterocycles. The Morgan fingerprint density at radius 2 is 1.18 bits per heavy atom. The first-order chi connectivity index (χ1) is 27.9. The van der Waals surface area contributed by atoms with Gasteiger partial charge < -0.3 is 28.7 Å². The normalized spacial score (nSPS) is 23.0. The molecule has 3 saturated heterocycles. The van der Waals surface area contributed by atoms with Gasteiger partial charge in [-0.2, -0.15) is 0 Å². The molecule has 0 aliphatic carbocycles. The second kappa shape index (κ2) is 17.7. The van der Waals surface area contributed by atoms with Gasteiger partial charge in [-0.3, -0.25) is 14.5 Å². The van der Waals surface area contributed by atoms with E-state index in [9.17, 15) is 9.59 Å². The summed E-state index contributed by atoms with van der Waals surface area (Å²) in [7, 11) is 0. The molecule has 0 radical (unpaired) electrons. The Labute approximate surface area is 337 Å². The average Bonchev–Trinajstić information content (AvgIpc) is 3.80. The molecule has 0 spiro atoms. The number of fused-ring (bicyclic) bond motifs is 2. The van der Waals surface area contributed by atoms with E-state index in [1.54, 1.807) is 0 Å². The van der Waals surface area contributed by atoms with E-state index in [1.165, 1.54) is 24.0 Å². The van der Waals surface area contributed by atoms with Gasteiger partial charge in [0.1, 0.15) is 30.5 Å². The van der Waals surface area contributed by atoms with Crippen LogP contribution >= 0.6 is 0 Å². The van der Waals surface area contributed by atoms with Gasteiger partial charge in [-0.15, -0.1) is 0 Å². The maximum atomic E-state index is 13.0. The van der Waals surface area contributed by atoms with Crippen LogP contribution in [0.3, 0.4) is 0 Å². The number of ether oxygens (including phenoxy) is 4. The highest BCUT2D eigenvalue weighted by molar-refractivity contribution is 5.95. The number of carbonyl (C=O) groups excluding carboxylic acids is 2. The molecule has 5 aliphatic heterocycles. The summed E-state index contributed by atoms with van der Waals surface area (Å²) in [5, 5.41) is 0. The SMILES string of the molecule is CC1(CN2CCOCC2)COc2cc(C(=O)N3CCCCC3)ccc21.O=C(c1ccc2c(c1)OCC2(COc1ccccc1)Cc1ccccc1)N1CCCCC1. The molecule has 9 rings (SSSR count). The lowest BCUT2D eigenvalue weighted by Gasteiger charge is -2.34. The highest BCUT2D eigenvalue weighted by Crippen LogP contribution is 2.43. The van der Waals surface area contributed by atoms with Gasteiger partial charge in [0.25, 0.3) is 11.8 Å². The van der Waals surface area contributed by atoms with Crippen molar-refractivity contribution < 1.29 is 28.5 Å². The summed E-state index contributed by atoms with van der Waals surface area (Å²) >= 11 is 0. The van der Waals surface area contributed by atoms with Gasteiger partial charge >= 0.3 is 0 Å². The van der Waals surface area contributed by atoms with E-state index >= 15 is 0 Å². The lowest BCUT2D eigenvalue weighted by molar-refractivity contribution is 0.0263. The van der Waals surface area contributed by atoms with Crippen LogP contribution in [0.15, 0.2) is 97.1 Å². The fourth-order valence-corrected chi connectivity index (χ4v) is 9.08. The molecule has 3 fully saturated rings. The van der Waals surface area contributed by atoms with Crippen molar-refractivity contribution in [3.05, 3.63) is 125 Å². The van der Waals surface area contributed by atoms with E-state index in [2.05, 4.69) is 48.2 Å². The smallest absolute Gasteiger partial charge is 0.253 e. The van der Waals surface area contributed by atoms with E-state index in [0.717, 1.165) is 120 Å². The Morgan fingerprint density at radius 3 is 1.79 bits per heavy atom. The molecule has 0 N–H and O–H groups in total. The monoisotopic (exact) mass is 771 g/mol. The predicted molar refractivity (Wildman–Crippen MR) is 222 cm³/mol. The largest absolute Gasteiger partial charge is 0.493 e. The Kier molecular flexibility index (Phi) is 12.1. The van der Waals surface area contributed by atoms with E-state index < -0.39 is 0 Å². The molecule has 300 valence electrons. The van der Waals surface area contributed by atoms with Crippen molar-refractivity contribution in [3.8, 4) is 17.2 Å². The van der Waals surface area contributed by atoms with Gasteiger partial charge in [0.2, 0.25) is 0 Å². The summed E-state index contributed by atoms with van der Waals surface area (Å²) in [5.74, 6) is 2.80. The van der Waals surface area contributed by atoms with Crippen LogP contribution in [0, 0.1) is 0 Å². The molecule has 9 heteroatoms. The number of nitrogens with zero attached hydrogens (tertiary/aromatic N) is 3. The number of hydrogen-bond acceptors (Lipinski definition) is 7. The van der Waals surface area contributed by atoms with E-state index in [-0.39, 0.29) is 22.6 Å². The van der Waals surface area contributed by atoms with Gasteiger partial charge in [0.05, 0.1) is 25.2 Å². The molecular formula is C48H57N3O6. The number of hydrogen-bond donors (Lipinski definition) is 0. The Balaban J connectivity index is 0.000000165. The molecule has 0 bridgehead atoms. The minimum absolute atomic E-state index is 0.0145. The van der Waals surface area contributed by atoms with Crippen LogP contribution in [0.25, 0.3) is 0 Å². The van der Waals surface area contributed by atoms with Crippen molar-refractivity contribution in [2.75, 3.05) is 78.8 Å². The molecule has 2 unspecified atom stereocenters. The maximum absolute atomic E-state index is 13.0. The average molecular weight is 772 g/mol. The fraction of sp³-hybridized carbons (Fsp3) is 0.458. The molecule has 57 heavy (non-hydrogen) atoms. The minimum Gasteiger partial charge on any atom is -0.493 e. The quantitative estimate of drug-likeness (QED) is 0.174. The third-order valence-electron chi connectivity index (χ3n) is 12.3. The van der Waals surface area contributed by atoms with Crippen LogP contribution in [-0.2, 0) is 22.0 Å². The zero-order valence-corrected chi connectivity index (χ0v) is 33.5. The molecule has 9 nitrogen and oxygen atoms in total. The molecule has 4 aromatic rings. The van der Waals surface area contributed by atoms with Crippen molar-refractivity contribution in [1.82, 2.24) is 14.7 Å². The summed E-state index contributed by atoms with van der Waals surface area (Å²) in [5.41, 5.74) is 4.75. The van der Waals surface area contributed by atoms with Crippen LogP contribution in [-0.4, -0.2) is 105 Å². The first kappa shape index (κ1) is 39.0. The maximum Gasteiger partial charge on any atom is 0.253 e. The van der Waals surface area contributed by atoms with Gasteiger partial charge in [-0.05, 0) is 86.9 Å². The second-order valence-corrected chi connectivity index (χ2v) is 16.7. The van der Waals surface area contributed by atoms with Crippen molar-refractivity contribution in [1.29, 1.82) is 0 Å². The molecule has 2 atom stereocenters. The number of likely N-dealkylation sites (tertiary alicyclic amines) is 2. The molecule has 5 aliphatic rings. The summed E-state index contributed by atoms with van der Waals surface area (Å²) < 4.78 is 23.9. The predicted octanol–water partition coefficient (Wildman–Crippen LogP) is 7.56. The van der Waals surface area contributed by atoms with Crippen LogP contribution < -0.4 is 14.2 Å². The highest BCUT2D eigenvalue weighted by Gasteiger charge is 2.43. The fourth-order valence-electron chi connectivity index (χ4n) is 9.08. The van der Waals surface area contributed by atoms with Gasteiger partial charge in [-0.25, -0.2) is 0 Å². The number of benzene rings is 4. The summed E-state index contributed by atoms with van der Waals surface area (Å²) in [6, 6.07) is 32.4. The standard InChI is InChI=1S/C28H29NO3.C20H28N2O3/c30-27(29-16-8-3-9-17-29)23-14-15-25-26(18-23)32-21-28(25,19-22-10-4-1-5-11-22)20-31-24-12-6-2-7-13-24;1-20(14-21-9-11-24-12-10-21)15-25-18-13-16(5-6-17(18)20)19(23)22-7-3-2-4-8-22/h1-2,4-7,10-15,18H,3,8-9,16-17,19-21H2;5-6,13H,2-4,7-12,14-15H2,1H3. The minimum atomic E-state index is -0.306. The van der Waals surface area contributed by atoms with E-state index in [0.29, 0.717) is 25.4 Å². The van der Waals surface area contributed by atoms with E-state index in [4.69, 9.17) is 18.9 Å². The van der Waals surface area contributed by atoms with Crippen LogP contribution in [0.4, 0.5) is 0 Å². The van der Waals surface area contributed by atoms with Crippen molar-refractivity contribution in [2.24, 2.45) is 0 Å². The van der Waals surface area contributed by atoms with E-state index in [1.807, 2.05) is 70.5 Å². The lowest BCUT2D eigenvalue weighted by Crippen LogP contribution is -2.45. The molecule has 2 amide bonds. The second-order valence-electron chi connectivity index (χ2n) is 16.7. The van der Waals surface area contributed by atoms with Crippen LogP contribution in [0.1, 0.15) is 82.9 Å². The summed E-state index contributed by atoms with van der Waals surface area (Å²) in [6.07, 6.45) is 7.66. The van der Waals surface area contributed by atoms with Gasteiger partial charge in [0, 0.05) is 73.5 Å². The third kappa shape index (κ3) is 9.00. The van der Waals surface area contributed by atoms with Crippen LogP contribution in [0.2, 0.25) is 0 Å². The Hall–Kier alpha value is -4.86. The zero-order chi connectivity index (χ0) is 39.1. The number of carbonyl (C=O) groups is 2. The summed E-state index contributed by atoms with van der Waals surface area (Å²) in [4.78, 5) is 32.1. The summed E-state index contributed by atoms with van der Waals surface area (Å²) in [6.45, 7) is 12.0. The molecule has 4 aromatic carbocycles. The number of para-hydroxylation sites is 1. The number of amides is 2. The molecule has 0 saturated carbocycles. The first-order valence-electron chi connectivity index (χ1n) is 21.0. The lowest BCUT2D eigenvalue weighted by atomic mass is 9.77. The number of morpholine rings is 1. The zero-order valence-electron chi connectivity index (χ0n) is 33.5. The highest BCUT2D eigenvalue weighted by atomic mass is 16.5. The van der Waals surface area contributed by atoms with Crippen molar-refractivity contribution in [3.63, 3.8) is 0 Å². The Bertz CT molecular complexity index is 1970.